The summed E-state index contributed by atoms with van der Waals surface area (Å²) in [5, 5.41) is 3.09. The summed E-state index contributed by atoms with van der Waals surface area (Å²) in [6, 6.07) is 5.39. The van der Waals surface area contributed by atoms with E-state index in [2.05, 4.69) is 16.0 Å². The van der Waals surface area contributed by atoms with Gasteiger partial charge in [0.15, 0.2) is 0 Å². The smallest absolute Gasteiger partial charge is 0.328 e. The number of hydrogen-bond acceptors (Lipinski definition) is 3. The van der Waals surface area contributed by atoms with Crippen LogP contribution in [0.15, 0.2) is 18.2 Å². The van der Waals surface area contributed by atoms with Crippen molar-refractivity contribution in [3.05, 3.63) is 29.3 Å². The van der Waals surface area contributed by atoms with Crippen LogP contribution in [0.2, 0.25) is 0 Å². The Hall–Kier alpha value is -1.95. The fourth-order valence-electron chi connectivity index (χ4n) is 1.74. The van der Waals surface area contributed by atoms with Gasteiger partial charge in [-0.1, -0.05) is 5.92 Å². The number of ether oxygens (including phenoxy) is 1. The predicted molar refractivity (Wildman–Crippen MR) is 57.5 cm³/mol. The minimum atomic E-state index is -0.280. The lowest BCUT2D eigenvalue weighted by Gasteiger charge is -2.07. The number of carbonyl (C=O) groups is 1. The Morgan fingerprint density at radius 3 is 3.13 bits per heavy atom. The Bertz CT molecular complexity index is 445. The van der Waals surface area contributed by atoms with Crippen LogP contribution >= 0.6 is 0 Å². The molecule has 1 aromatic rings. The van der Waals surface area contributed by atoms with Gasteiger partial charge in [0, 0.05) is 17.7 Å². The molecule has 1 heterocycles. The first-order chi connectivity index (χ1) is 7.24. The zero-order valence-electron chi connectivity index (χ0n) is 8.41. The van der Waals surface area contributed by atoms with Gasteiger partial charge in [-0.25, -0.2) is 4.79 Å². The summed E-state index contributed by atoms with van der Waals surface area (Å²) in [5.41, 5.74) is 2.87. The molecule has 1 N–H and O–H groups in total. The number of nitrogens with one attached hydrogen (secondary N) is 1. The molecule has 3 heteroatoms. The number of methoxy groups -OCH3 is 1. The van der Waals surface area contributed by atoms with E-state index in [4.69, 9.17) is 6.42 Å². The molecule has 0 saturated heterocycles. The molecule has 0 spiro atoms. The molecular formula is C12H11NO2. The van der Waals surface area contributed by atoms with Crippen LogP contribution in [0.4, 0.5) is 5.69 Å². The Morgan fingerprint density at radius 2 is 2.47 bits per heavy atom. The number of carbonyl (C=O) groups excluding carboxylic acids is 1. The zero-order chi connectivity index (χ0) is 10.8. The highest BCUT2D eigenvalue weighted by Crippen LogP contribution is 2.26. The van der Waals surface area contributed by atoms with Crippen LogP contribution in [-0.4, -0.2) is 19.1 Å². The average Bonchev–Trinajstić information content (AvgIpc) is 2.70. The third kappa shape index (κ3) is 1.66. The largest absolute Gasteiger partial charge is 0.467 e. The fraction of sp³-hybridized carbons (Fsp3) is 0.250. The minimum Gasteiger partial charge on any atom is -0.467 e. The van der Waals surface area contributed by atoms with Crippen LogP contribution < -0.4 is 5.32 Å². The lowest BCUT2D eigenvalue weighted by molar-refractivity contribution is -0.141. The molecule has 1 atom stereocenters. The first-order valence-corrected chi connectivity index (χ1v) is 4.68. The van der Waals surface area contributed by atoms with Crippen LogP contribution in [0, 0.1) is 12.3 Å². The summed E-state index contributed by atoms with van der Waals surface area (Å²) in [6.07, 6.45) is 5.94. The Morgan fingerprint density at radius 1 is 1.67 bits per heavy atom. The monoisotopic (exact) mass is 201 g/mol. The van der Waals surface area contributed by atoms with Crippen LogP contribution in [0.5, 0.6) is 0 Å². The van der Waals surface area contributed by atoms with Gasteiger partial charge in [-0.3, -0.25) is 0 Å². The van der Waals surface area contributed by atoms with Gasteiger partial charge in [0.25, 0.3) is 0 Å². The van der Waals surface area contributed by atoms with Gasteiger partial charge in [0.2, 0.25) is 0 Å². The van der Waals surface area contributed by atoms with Gasteiger partial charge < -0.3 is 10.1 Å². The highest BCUT2D eigenvalue weighted by atomic mass is 16.5. The van der Waals surface area contributed by atoms with Crippen molar-refractivity contribution in [3.63, 3.8) is 0 Å². The second-order valence-electron chi connectivity index (χ2n) is 3.44. The zero-order valence-corrected chi connectivity index (χ0v) is 8.41. The molecule has 0 unspecified atom stereocenters. The number of anilines is 1. The van der Waals surface area contributed by atoms with Crippen molar-refractivity contribution in [1.82, 2.24) is 0 Å². The lowest BCUT2D eigenvalue weighted by atomic mass is 10.1. The van der Waals surface area contributed by atoms with Crippen molar-refractivity contribution in [2.24, 2.45) is 0 Å². The summed E-state index contributed by atoms with van der Waals surface area (Å²) in [7, 11) is 1.39. The van der Waals surface area contributed by atoms with Crippen molar-refractivity contribution in [2.75, 3.05) is 12.4 Å². The molecule has 0 fully saturated rings. The molecule has 0 radical (unpaired) electrons. The topological polar surface area (TPSA) is 38.3 Å². The first kappa shape index (κ1) is 9.60. The first-order valence-electron chi connectivity index (χ1n) is 4.68. The Balaban J connectivity index is 2.24. The van der Waals surface area contributed by atoms with E-state index in [0.717, 1.165) is 16.8 Å². The molecule has 76 valence electrons. The Kier molecular flexibility index (Phi) is 2.34. The molecule has 0 aliphatic carbocycles. The second kappa shape index (κ2) is 3.66. The maximum atomic E-state index is 11.3. The summed E-state index contributed by atoms with van der Waals surface area (Å²) < 4.78 is 4.68. The molecule has 0 saturated carbocycles. The van der Waals surface area contributed by atoms with Crippen LogP contribution in [0.1, 0.15) is 11.1 Å². The molecule has 1 aliphatic heterocycles. The van der Waals surface area contributed by atoms with Crippen molar-refractivity contribution in [2.45, 2.75) is 12.5 Å². The Labute approximate surface area is 88.4 Å². The van der Waals surface area contributed by atoms with E-state index in [1.165, 1.54) is 7.11 Å². The van der Waals surface area contributed by atoms with E-state index in [-0.39, 0.29) is 12.0 Å². The number of rotatable bonds is 1. The molecule has 1 aliphatic rings. The summed E-state index contributed by atoms with van der Waals surface area (Å²) >= 11 is 0. The fourth-order valence-corrected chi connectivity index (χ4v) is 1.74. The van der Waals surface area contributed by atoms with Crippen molar-refractivity contribution >= 4 is 11.7 Å². The molecule has 0 amide bonds. The lowest BCUT2D eigenvalue weighted by Crippen LogP contribution is -2.27. The molecule has 2 rings (SSSR count). The highest BCUT2D eigenvalue weighted by Gasteiger charge is 2.27. The third-order valence-corrected chi connectivity index (χ3v) is 2.51. The van der Waals surface area contributed by atoms with E-state index in [9.17, 15) is 4.79 Å². The number of terminal acetylenes is 1. The molecule has 15 heavy (non-hydrogen) atoms. The average molecular weight is 201 g/mol. The van der Waals surface area contributed by atoms with Crippen molar-refractivity contribution < 1.29 is 9.53 Å². The second-order valence-corrected chi connectivity index (χ2v) is 3.44. The van der Waals surface area contributed by atoms with E-state index < -0.39 is 0 Å². The van der Waals surface area contributed by atoms with Gasteiger partial charge in [0.1, 0.15) is 6.04 Å². The third-order valence-electron chi connectivity index (χ3n) is 2.51. The van der Waals surface area contributed by atoms with Gasteiger partial charge in [-0.2, -0.15) is 0 Å². The number of fused-ring (bicyclic) bond motifs is 1. The van der Waals surface area contributed by atoms with Crippen LogP contribution in [-0.2, 0) is 16.0 Å². The van der Waals surface area contributed by atoms with E-state index >= 15 is 0 Å². The maximum absolute atomic E-state index is 11.3. The van der Waals surface area contributed by atoms with E-state index in [1.54, 1.807) is 0 Å². The molecule has 1 aromatic carbocycles. The standard InChI is InChI=1S/C12H11NO2/c1-3-8-4-5-10-9(6-8)7-11(13-10)12(14)15-2/h1,4-6,11,13H,7H2,2H3/t11-/m0/s1. The van der Waals surface area contributed by atoms with Crippen LogP contribution in [0.25, 0.3) is 0 Å². The molecule has 3 nitrogen and oxygen atoms in total. The number of hydrogen-bond donors (Lipinski definition) is 1. The van der Waals surface area contributed by atoms with Gasteiger partial charge in [0.05, 0.1) is 7.11 Å². The normalized spacial score (nSPS) is 17.5. The number of esters is 1. The highest BCUT2D eigenvalue weighted by molar-refractivity contribution is 5.82. The van der Waals surface area contributed by atoms with E-state index in [0.29, 0.717) is 6.42 Å². The SMILES string of the molecule is C#Cc1ccc2c(c1)C[C@@H](C(=O)OC)N2. The van der Waals surface area contributed by atoms with Crippen molar-refractivity contribution in [1.29, 1.82) is 0 Å². The number of benzene rings is 1. The predicted octanol–water partition coefficient (Wildman–Crippen LogP) is 1.18. The van der Waals surface area contributed by atoms with Crippen molar-refractivity contribution in [3.8, 4) is 12.3 Å². The minimum absolute atomic E-state index is 0.242. The summed E-state index contributed by atoms with van der Waals surface area (Å²) in [4.78, 5) is 11.3. The summed E-state index contributed by atoms with van der Waals surface area (Å²) in [5.74, 6) is 2.33. The van der Waals surface area contributed by atoms with E-state index in [1.807, 2.05) is 18.2 Å². The quantitative estimate of drug-likeness (QED) is 0.547. The molecule has 0 bridgehead atoms. The molecule has 0 aromatic heterocycles. The van der Waals surface area contributed by atoms with Crippen LogP contribution in [0.3, 0.4) is 0 Å². The van der Waals surface area contributed by atoms with Gasteiger partial charge in [-0.05, 0) is 23.8 Å². The summed E-state index contributed by atoms with van der Waals surface area (Å²) in [6.45, 7) is 0. The van der Waals surface area contributed by atoms with Gasteiger partial charge in [-0.15, -0.1) is 6.42 Å². The van der Waals surface area contributed by atoms with Gasteiger partial charge >= 0.3 is 5.97 Å². The maximum Gasteiger partial charge on any atom is 0.328 e. The molecular weight excluding hydrogens is 190 g/mol.